The molecular weight excluding hydrogens is 289 g/mol. The molecule has 0 unspecified atom stereocenters. The van der Waals surface area contributed by atoms with Gasteiger partial charge in [-0.15, -0.1) is 0 Å². The van der Waals surface area contributed by atoms with Crippen molar-refractivity contribution < 1.29 is 13.9 Å². The second kappa shape index (κ2) is 4.79. The molecular formula is C12H9BrFNO2. The van der Waals surface area contributed by atoms with Gasteiger partial charge in [-0.05, 0) is 41.1 Å². The fourth-order valence-corrected chi connectivity index (χ4v) is 1.78. The van der Waals surface area contributed by atoms with Crippen molar-refractivity contribution in [2.75, 3.05) is 6.61 Å². The van der Waals surface area contributed by atoms with Gasteiger partial charge in [-0.3, -0.25) is 4.98 Å². The van der Waals surface area contributed by atoms with Crippen molar-refractivity contribution in [2.45, 2.75) is 6.92 Å². The maximum atomic E-state index is 13.3. The van der Waals surface area contributed by atoms with E-state index in [0.29, 0.717) is 27.5 Å². The average Bonchev–Trinajstić information content (AvgIpc) is 2.30. The van der Waals surface area contributed by atoms with Gasteiger partial charge in [0.15, 0.2) is 0 Å². The molecule has 17 heavy (non-hydrogen) atoms. The van der Waals surface area contributed by atoms with Crippen LogP contribution in [0.1, 0.15) is 17.3 Å². The van der Waals surface area contributed by atoms with Crippen molar-refractivity contribution in [2.24, 2.45) is 0 Å². The van der Waals surface area contributed by atoms with E-state index in [2.05, 4.69) is 20.9 Å². The van der Waals surface area contributed by atoms with Crippen LogP contribution in [0, 0.1) is 5.82 Å². The molecule has 2 aromatic rings. The Balaban J connectivity index is 2.50. The molecule has 0 radical (unpaired) electrons. The number of carbonyl (C=O) groups excluding carboxylic acids is 1. The Bertz CT molecular complexity index is 586. The molecule has 3 nitrogen and oxygen atoms in total. The number of ether oxygens (including phenoxy) is 1. The summed E-state index contributed by atoms with van der Waals surface area (Å²) < 4.78 is 18.5. The van der Waals surface area contributed by atoms with Crippen LogP contribution in [0.15, 0.2) is 28.9 Å². The van der Waals surface area contributed by atoms with E-state index in [9.17, 15) is 9.18 Å². The molecule has 5 heteroatoms. The fourth-order valence-electron chi connectivity index (χ4n) is 1.45. The van der Waals surface area contributed by atoms with Crippen molar-refractivity contribution in [3.05, 3.63) is 40.2 Å². The second-order valence-corrected chi connectivity index (χ2v) is 4.26. The highest BCUT2D eigenvalue weighted by molar-refractivity contribution is 9.10. The number of esters is 1. The van der Waals surface area contributed by atoms with Crippen LogP contribution in [-0.2, 0) is 4.74 Å². The first-order valence-electron chi connectivity index (χ1n) is 5.03. The lowest BCUT2D eigenvalue weighted by molar-refractivity contribution is 0.0526. The number of benzene rings is 1. The highest BCUT2D eigenvalue weighted by Gasteiger charge is 2.09. The van der Waals surface area contributed by atoms with Gasteiger partial charge in [-0.25, -0.2) is 9.18 Å². The molecule has 0 amide bonds. The summed E-state index contributed by atoms with van der Waals surface area (Å²) in [5, 5.41) is 0.566. The normalized spacial score (nSPS) is 10.5. The third kappa shape index (κ3) is 2.44. The predicted octanol–water partition coefficient (Wildman–Crippen LogP) is 3.31. The largest absolute Gasteiger partial charge is 0.462 e. The number of aromatic nitrogens is 1. The number of pyridine rings is 1. The molecule has 0 aliphatic rings. The molecule has 0 aliphatic carbocycles. The molecule has 88 valence electrons. The van der Waals surface area contributed by atoms with Gasteiger partial charge in [0.2, 0.25) is 0 Å². The topological polar surface area (TPSA) is 39.2 Å². The minimum atomic E-state index is -0.453. The summed E-state index contributed by atoms with van der Waals surface area (Å²) in [7, 11) is 0. The van der Waals surface area contributed by atoms with E-state index in [1.165, 1.54) is 12.3 Å². The smallest absolute Gasteiger partial charge is 0.339 e. The summed E-state index contributed by atoms with van der Waals surface area (Å²) in [6.07, 6.45) is 1.42. The first-order valence-corrected chi connectivity index (χ1v) is 5.83. The van der Waals surface area contributed by atoms with E-state index in [1.54, 1.807) is 19.1 Å². The zero-order valence-electron chi connectivity index (χ0n) is 9.04. The van der Waals surface area contributed by atoms with Crippen LogP contribution in [-0.4, -0.2) is 17.6 Å². The maximum absolute atomic E-state index is 13.3. The van der Waals surface area contributed by atoms with Gasteiger partial charge < -0.3 is 4.74 Å². The van der Waals surface area contributed by atoms with Gasteiger partial charge in [0.05, 0.1) is 22.2 Å². The molecule has 0 saturated carbocycles. The lowest BCUT2D eigenvalue weighted by Gasteiger charge is -2.04. The highest BCUT2D eigenvalue weighted by Crippen LogP contribution is 2.22. The Morgan fingerprint density at radius 2 is 2.24 bits per heavy atom. The summed E-state index contributed by atoms with van der Waals surface area (Å²) in [5.41, 5.74) is 0.937. The van der Waals surface area contributed by atoms with Gasteiger partial charge in [-0.1, -0.05) is 0 Å². The van der Waals surface area contributed by atoms with Crippen molar-refractivity contribution >= 4 is 32.8 Å². The van der Waals surface area contributed by atoms with E-state index in [1.807, 2.05) is 0 Å². The van der Waals surface area contributed by atoms with E-state index < -0.39 is 5.97 Å². The van der Waals surface area contributed by atoms with Crippen molar-refractivity contribution in [3.63, 3.8) is 0 Å². The summed E-state index contributed by atoms with van der Waals surface area (Å²) in [5.74, 6) is -0.842. The number of hydrogen-bond acceptors (Lipinski definition) is 3. The zero-order valence-corrected chi connectivity index (χ0v) is 10.6. The Kier molecular flexibility index (Phi) is 3.38. The molecule has 0 aliphatic heterocycles. The Morgan fingerprint density at radius 3 is 2.94 bits per heavy atom. The molecule has 1 aromatic heterocycles. The Labute approximate surface area is 106 Å². The molecule has 0 bridgehead atoms. The SMILES string of the molecule is CCOC(=O)c1cnc2cc(Br)c(F)cc2c1. The van der Waals surface area contributed by atoms with Gasteiger partial charge in [0.1, 0.15) is 5.82 Å². The van der Waals surface area contributed by atoms with Crippen LogP contribution in [0.4, 0.5) is 4.39 Å². The van der Waals surface area contributed by atoms with E-state index >= 15 is 0 Å². The number of carbonyl (C=O) groups is 1. The van der Waals surface area contributed by atoms with Gasteiger partial charge >= 0.3 is 5.97 Å². The summed E-state index contributed by atoms with van der Waals surface area (Å²) in [6, 6.07) is 4.46. The highest BCUT2D eigenvalue weighted by atomic mass is 79.9. The molecule has 0 saturated heterocycles. The third-order valence-corrected chi connectivity index (χ3v) is 2.84. The fraction of sp³-hybridized carbons (Fsp3) is 0.167. The minimum Gasteiger partial charge on any atom is -0.462 e. The Morgan fingerprint density at radius 1 is 1.47 bits per heavy atom. The van der Waals surface area contributed by atoms with Crippen LogP contribution in [0.3, 0.4) is 0 Å². The molecule has 0 spiro atoms. The molecule has 0 fully saturated rings. The first kappa shape index (κ1) is 12.0. The van der Waals surface area contributed by atoms with Crippen molar-refractivity contribution in [1.29, 1.82) is 0 Å². The van der Waals surface area contributed by atoms with Gasteiger partial charge in [0, 0.05) is 11.6 Å². The van der Waals surface area contributed by atoms with E-state index in [0.717, 1.165) is 0 Å². The zero-order chi connectivity index (χ0) is 12.4. The molecule has 1 heterocycles. The van der Waals surface area contributed by atoms with Crippen molar-refractivity contribution in [1.82, 2.24) is 4.98 Å². The lowest BCUT2D eigenvalue weighted by atomic mass is 10.1. The van der Waals surface area contributed by atoms with E-state index in [4.69, 9.17) is 4.74 Å². The summed E-state index contributed by atoms with van der Waals surface area (Å²) >= 11 is 3.08. The summed E-state index contributed by atoms with van der Waals surface area (Å²) in [4.78, 5) is 15.6. The minimum absolute atomic E-state index is 0.297. The quantitative estimate of drug-likeness (QED) is 0.798. The van der Waals surface area contributed by atoms with Crippen LogP contribution in [0.2, 0.25) is 0 Å². The van der Waals surface area contributed by atoms with Crippen LogP contribution in [0.5, 0.6) is 0 Å². The van der Waals surface area contributed by atoms with Gasteiger partial charge in [-0.2, -0.15) is 0 Å². The number of fused-ring (bicyclic) bond motifs is 1. The standard InChI is InChI=1S/C12H9BrFNO2/c1-2-17-12(16)8-3-7-4-10(14)9(13)5-11(7)15-6-8/h3-6H,2H2,1H3. The first-order chi connectivity index (χ1) is 8.11. The molecule has 0 atom stereocenters. The van der Waals surface area contributed by atoms with Crippen molar-refractivity contribution in [3.8, 4) is 0 Å². The van der Waals surface area contributed by atoms with Crippen LogP contribution in [0.25, 0.3) is 10.9 Å². The Hall–Kier alpha value is -1.49. The molecule has 0 N–H and O–H groups in total. The summed E-state index contributed by atoms with van der Waals surface area (Å²) in [6.45, 7) is 2.02. The third-order valence-electron chi connectivity index (χ3n) is 2.23. The van der Waals surface area contributed by atoms with E-state index in [-0.39, 0.29) is 5.82 Å². The van der Waals surface area contributed by atoms with Crippen LogP contribution >= 0.6 is 15.9 Å². The second-order valence-electron chi connectivity index (χ2n) is 3.40. The maximum Gasteiger partial charge on any atom is 0.339 e. The average molecular weight is 298 g/mol. The lowest BCUT2D eigenvalue weighted by Crippen LogP contribution is -2.05. The monoisotopic (exact) mass is 297 g/mol. The molecule has 2 rings (SSSR count). The van der Waals surface area contributed by atoms with Crippen LogP contribution < -0.4 is 0 Å². The number of rotatable bonds is 2. The van der Waals surface area contributed by atoms with Gasteiger partial charge in [0.25, 0.3) is 0 Å². The predicted molar refractivity (Wildman–Crippen MR) is 65.4 cm³/mol. The number of hydrogen-bond donors (Lipinski definition) is 0. The number of nitrogens with zero attached hydrogens (tertiary/aromatic N) is 1. The molecule has 1 aromatic carbocycles. The number of halogens is 2.